The Hall–Kier alpha value is -5.96. The van der Waals surface area contributed by atoms with Crippen molar-refractivity contribution in [3.63, 3.8) is 0 Å². The van der Waals surface area contributed by atoms with Crippen LogP contribution in [0.15, 0.2) is 77.7 Å². The van der Waals surface area contributed by atoms with Crippen molar-refractivity contribution >= 4 is 29.2 Å². The summed E-state index contributed by atoms with van der Waals surface area (Å²) >= 11 is 0. The standard InChI is InChI=1S/C45H50F2N8O5/c1-54(21-6-2-3-8-30-9-4-5-11-36(30)60-37-12-7-10-31-23-39(56)52-44(58)40(31)37)25-29-15-17-33(18-16-29)55-26-34(41(53-55)42(46)47)50-43(57)35-27-59-45(51-35)32-19-20-48-38(22-32)49-24-28-13-14-28/h4-5,7,9-12,19-20,22,26-29,33,42H,2-3,6,8,13-18,21,23-25H2,1H3,(H,48,49)(H,50,57)(H,52,56,58). The molecule has 3 amide bonds. The number of aromatic nitrogens is 4. The molecule has 3 N–H and O–H groups in total. The lowest BCUT2D eigenvalue weighted by Gasteiger charge is -2.31. The number of rotatable bonds is 18. The number of oxazole rings is 1. The number of para-hydroxylation sites is 1. The molecule has 2 aromatic carbocycles. The maximum Gasteiger partial charge on any atom is 0.284 e. The minimum atomic E-state index is -2.86. The average Bonchev–Trinajstić information content (AvgIpc) is 3.75. The van der Waals surface area contributed by atoms with Crippen LogP contribution in [0.2, 0.25) is 0 Å². The molecule has 0 radical (unpaired) electrons. The van der Waals surface area contributed by atoms with Crippen LogP contribution in [0.25, 0.3) is 11.5 Å². The Labute approximate surface area is 347 Å². The van der Waals surface area contributed by atoms with Crippen molar-refractivity contribution in [3.05, 3.63) is 101 Å². The molecule has 314 valence electrons. The number of benzene rings is 2. The Kier molecular flexibility index (Phi) is 12.6. The maximum absolute atomic E-state index is 14.1. The third-order valence-corrected chi connectivity index (χ3v) is 11.6. The van der Waals surface area contributed by atoms with E-state index in [-0.39, 0.29) is 35.6 Å². The second-order valence-electron chi connectivity index (χ2n) is 16.3. The molecule has 5 aromatic rings. The minimum absolute atomic E-state index is 0.0256. The first kappa shape index (κ1) is 40.8. The fraction of sp³-hybridized carbons (Fsp3) is 0.422. The van der Waals surface area contributed by atoms with E-state index in [1.54, 1.807) is 41.2 Å². The quantitative estimate of drug-likeness (QED) is 0.0578. The van der Waals surface area contributed by atoms with Crippen molar-refractivity contribution in [2.45, 2.75) is 83.1 Å². The number of alkyl halides is 2. The molecule has 0 unspecified atom stereocenters. The van der Waals surface area contributed by atoms with Crippen molar-refractivity contribution < 1.29 is 32.3 Å². The molecule has 0 atom stereocenters. The number of halogens is 2. The van der Waals surface area contributed by atoms with Crippen molar-refractivity contribution in [1.29, 1.82) is 0 Å². The van der Waals surface area contributed by atoms with Gasteiger partial charge in [-0.1, -0.05) is 36.8 Å². The summed E-state index contributed by atoms with van der Waals surface area (Å²) in [6.07, 6.45) is 11.5. The summed E-state index contributed by atoms with van der Waals surface area (Å²) in [5, 5.41) is 12.5. The van der Waals surface area contributed by atoms with Crippen molar-refractivity contribution in [3.8, 4) is 23.0 Å². The molecule has 3 aromatic heterocycles. The number of carbonyl (C=O) groups is 3. The van der Waals surface area contributed by atoms with Crippen LogP contribution >= 0.6 is 0 Å². The Balaban J connectivity index is 0.774. The Morgan fingerprint density at radius 2 is 1.80 bits per heavy atom. The van der Waals surface area contributed by atoms with Crippen LogP contribution in [0.5, 0.6) is 11.5 Å². The molecular weight excluding hydrogens is 771 g/mol. The van der Waals surface area contributed by atoms with Crippen molar-refractivity contribution in [1.82, 2.24) is 30.0 Å². The number of fused-ring (bicyclic) bond motifs is 1. The highest BCUT2D eigenvalue weighted by molar-refractivity contribution is 6.11. The molecular formula is C45H50F2N8O5. The molecule has 0 bridgehead atoms. The highest BCUT2D eigenvalue weighted by Crippen LogP contribution is 2.36. The zero-order valence-corrected chi connectivity index (χ0v) is 33.7. The number of aryl methyl sites for hydroxylation is 1. The normalized spacial score (nSPS) is 17.8. The molecule has 0 saturated heterocycles. The summed E-state index contributed by atoms with van der Waals surface area (Å²) in [7, 11) is 2.15. The lowest BCUT2D eigenvalue weighted by Crippen LogP contribution is -2.37. The van der Waals surface area contributed by atoms with Gasteiger partial charge in [-0.25, -0.2) is 18.7 Å². The fourth-order valence-electron chi connectivity index (χ4n) is 8.18. The summed E-state index contributed by atoms with van der Waals surface area (Å²) < 4.78 is 41.7. The third kappa shape index (κ3) is 10.1. The maximum atomic E-state index is 14.1. The molecule has 15 heteroatoms. The predicted octanol–water partition coefficient (Wildman–Crippen LogP) is 8.63. The number of nitrogens with one attached hydrogen (secondary N) is 3. The molecule has 1 aliphatic heterocycles. The zero-order valence-electron chi connectivity index (χ0n) is 33.7. The van der Waals surface area contributed by atoms with Gasteiger partial charge < -0.3 is 24.7 Å². The molecule has 2 fully saturated rings. The van der Waals surface area contributed by atoms with E-state index in [1.807, 2.05) is 24.3 Å². The SMILES string of the molecule is CN(CCCCCc1ccccc1Oc1cccc2c1C(=O)NC(=O)C2)CC1CCC(n2cc(NC(=O)c3coc(-c4ccnc(NCC5CC5)c4)n3)c(C(F)F)n2)CC1. The van der Waals surface area contributed by atoms with Gasteiger partial charge in [0.15, 0.2) is 11.4 Å². The van der Waals surface area contributed by atoms with E-state index < -0.39 is 23.9 Å². The largest absolute Gasteiger partial charge is 0.456 e. The van der Waals surface area contributed by atoms with E-state index >= 15 is 0 Å². The first-order valence-corrected chi connectivity index (χ1v) is 20.9. The van der Waals surface area contributed by atoms with Gasteiger partial charge in [0.2, 0.25) is 11.8 Å². The number of nitrogens with zero attached hydrogens (tertiary/aromatic N) is 5. The number of hydrogen-bond donors (Lipinski definition) is 3. The number of anilines is 2. The van der Waals surface area contributed by atoms with Gasteiger partial charge in [0.05, 0.1) is 23.7 Å². The molecule has 4 heterocycles. The summed E-state index contributed by atoms with van der Waals surface area (Å²) in [4.78, 5) is 48.6. The number of imide groups is 1. The predicted molar refractivity (Wildman–Crippen MR) is 221 cm³/mol. The van der Waals surface area contributed by atoms with Crippen molar-refractivity contribution in [2.24, 2.45) is 11.8 Å². The van der Waals surface area contributed by atoms with Gasteiger partial charge in [-0.2, -0.15) is 5.10 Å². The van der Waals surface area contributed by atoms with E-state index in [9.17, 15) is 23.2 Å². The Morgan fingerprint density at radius 1 is 1.00 bits per heavy atom. The van der Waals surface area contributed by atoms with Gasteiger partial charge in [0, 0.05) is 31.0 Å². The van der Waals surface area contributed by atoms with Gasteiger partial charge in [-0.3, -0.25) is 24.4 Å². The molecule has 8 rings (SSSR count). The van der Waals surface area contributed by atoms with E-state index in [2.05, 4.69) is 43.0 Å². The number of amides is 3. The molecule has 3 aliphatic rings. The first-order chi connectivity index (χ1) is 29.2. The lowest BCUT2D eigenvalue weighted by atomic mass is 9.86. The molecule has 2 aliphatic carbocycles. The summed E-state index contributed by atoms with van der Waals surface area (Å²) in [5.74, 6) is 1.84. The summed E-state index contributed by atoms with van der Waals surface area (Å²) in [5.41, 5.74) is 2.27. The van der Waals surface area contributed by atoms with Gasteiger partial charge in [-0.05, 0) is 119 Å². The molecule has 13 nitrogen and oxygen atoms in total. The van der Waals surface area contributed by atoms with Crippen molar-refractivity contribution in [2.75, 3.05) is 37.3 Å². The van der Waals surface area contributed by atoms with E-state index in [1.165, 1.54) is 25.3 Å². The number of carbonyl (C=O) groups excluding carboxylic acids is 3. The average molecular weight is 821 g/mol. The number of pyridine rings is 1. The second-order valence-corrected chi connectivity index (χ2v) is 16.3. The van der Waals surface area contributed by atoms with E-state index in [4.69, 9.17) is 9.15 Å². The van der Waals surface area contributed by atoms with Crippen LogP contribution in [0.1, 0.15) is 108 Å². The zero-order chi connectivity index (χ0) is 41.6. The molecule has 0 spiro atoms. The van der Waals surface area contributed by atoms with Gasteiger partial charge in [0.1, 0.15) is 23.6 Å². The highest BCUT2D eigenvalue weighted by atomic mass is 19.3. The number of ether oxygens (including phenoxy) is 1. The summed E-state index contributed by atoms with van der Waals surface area (Å²) in [6.45, 7) is 2.78. The lowest BCUT2D eigenvalue weighted by molar-refractivity contribution is -0.119. The van der Waals surface area contributed by atoms with Crippen LogP contribution in [-0.4, -0.2) is 69.1 Å². The fourth-order valence-corrected chi connectivity index (χ4v) is 8.18. The number of hydrogen-bond acceptors (Lipinski definition) is 10. The molecule has 60 heavy (non-hydrogen) atoms. The Morgan fingerprint density at radius 3 is 2.62 bits per heavy atom. The molecule has 2 saturated carbocycles. The van der Waals surface area contributed by atoms with Crippen LogP contribution in [-0.2, 0) is 17.6 Å². The van der Waals surface area contributed by atoms with E-state index in [0.717, 1.165) is 76.6 Å². The van der Waals surface area contributed by atoms with Crippen LogP contribution in [0.4, 0.5) is 20.3 Å². The van der Waals surface area contributed by atoms with Crippen LogP contribution in [0.3, 0.4) is 0 Å². The van der Waals surface area contributed by atoms with Gasteiger partial charge in [-0.15, -0.1) is 0 Å². The highest BCUT2D eigenvalue weighted by Gasteiger charge is 2.29. The van der Waals surface area contributed by atoms with Crippen LogP contribution in [0, 0.1) is 11.8 Å². The Bertz CT molecular complexity index is 2320. The van der Waals surface area contributed by atoms with Gasteiger partial charge in [0.25, 0.3) is 18.2 Å². The van der Waals surface area contributed by atoms with E-state index in [0.29, 0.717) is 45.8 Å². The smallest absolute Gasteiger partial charge is 0.284 e. The minimum Gasteiger partial charge on any atom is -0.456 e. The topological polar surface area (TPSA) is 157 Å². The summed E-state index contributed by atoms with van der Waals surface area (Å²) in [6, 6.07) is 16.7. The van der Waals surface area contributed by atoms with Gasteiger partial charge >= 0.3 is 0 Å². The first-order valence-electron chi connectivity index (χ1n) is 20.9. The number of unbranched alkanes of at least 4 members (excludes halogenated alkanes) is 2. The van der Waals surface area contributed by atoms with Crippen LogP contribution < -0.4 is 20.7 Å². The second kappa shape index (κ2) is 18.5. The third-order valence-electron chi connectivity index (χ3n) is 11.6. The monoisotopic (exact) mass is 820 g/mol.